The van der Waals surface area contributed by atoms with Crippen molar-refractivity contribution in [3.8, 4) is 0 Å². The second-order valence-electron chi connectivity index (χ2n) is 4.21. The SMILES string of the molecule is Cc1ncc(C(=O)O)n1CCC(C)(C)O. The molecule has 2 N–H and O–H groups in total. The molecule has 0 fully saturated rings. The van der Waals surface area contributed by atoms with E-state index >= 15 is 0 Å². The maximum absolute atomic E-state index is 10.8. The Morgan fingerprint density at radius 3 is 2.67 bits per heavy atom. The van der Waals surface area contributed by atoms with Crippen molar-refractivity contribution >= 4 is 5.97 Å². The van der Waals surface area contributed by atoms with Gasteiger partial charge in [0.15, 0.2) is 0 Å². The van der Waals surface area contributed by atoms with Gasteiger partial charge in [-0.2, -0.15) is 0 Å². The number of hydrogen-bond acceptors (Lipinski definition) is 3. The molecule has 0 radical (unpaired) electrons. The molecule has 5 heteroatoms. The number of rotatable bonds is 4. The van der Waals surface area contributed by atoms with Crippen molar-refractivity contribution in [3.63, 3.8) is 0 Å². The van der Waals surface area contributed by atoms with Crippen molar-refractivity contribution in [2.75, 3.05) is 0 Å². The zero-order chi connectivity index (χ0) is 11.6. The van der Waals surface area contributed by atoms with E-state index in [1.807, 2.05) is 0 Å². The first kappa shape index (κ1) is 11.7. The van der Waals surface area contributed by atoms with Crippen molar-refractivity contribution in [3.05, 3.63) is 17.7 Å². The average Bonchev–Trinajstić information content (AvgIpc) is 2.42. The number of aliphatic hydroxyl groups is 1. The number of aromatic nitrogens is 2. The number of carboxylic acid groups (broad SMARTS) is 1. The summed E-state index contributed by atoms with van der Waals surface area (Å²) < 4.78 is 1.60. The van der Waals surface area contributed by atoms with Crippen LogP contribution in [0.3, 0.4) is 0 Å². The smallest absolute Gasteiger partial charge is 0.354 e. The second-order valence-corrected chi connectivity index (χ2v) is 4.21. The first-order valence-corrected chi connectivity index (χ1v) is 4.79. The van der Waals surface area contributed by atoms with Gasteiger partial charge in [-0.05, 0) is 27.2 Å². The Hall–Kier alpha value is -1.36. The van der Waals surface area contributed by atoms with E-state index < -0.39 is 11.6 Å². The van der Waals surface area contributed by atoms with Crippen molar-refractivity contribution in [1.82, 2.24) is 9.55 Å². The molecule has 0 amide bonds. The molecule has 84 valence electrons. The highest BCUT2D eigenvalue weighted by atomic mass is 16.4. The minimum atomic E-state index is -0.994. The topological polar surface area (TPSA) is 75.3 Å². The van der Waals surface area contributed by atoms with E-state index in [4.69, 9.17) is 5.11 Å². The molecule has 0 aromatic carbocycles. The average molecular weight is 212 g/mol. The number of aryl methyl sites for hydroxylation is 1. The van der Waals surface area contributed by atoms with Gasteiger partial charge in [0.1, 0.15) is 11.5 Å². The van der Waals surface area contributed by atoms with Gasteiger partial charge in [-0.25, -0.2) is 9.78 Å². The van der Waals surface area contributed by atoms with E-state index in [1.165, 1.54) is 6.20 Å². The van der Waals surface area contributed by atoms with Crippen molar-refractivity contribution < 1.29 is 15.0 Å². The first-order chi connectivity index (χ1) is 6.81. The Balaban J connectivity index is 2.84. The summed E-state index contributed by atoms with van der Waals surface area (Å²) in [6.45, 7) is 5.59. The van der Waals surface area contributed by atoms with Crippen LogP contribution in [0, 0.1) is 6.92 Å². The lowest BCUT2D eigenvalue weighted by Crippen LogP contribution is -2.22. The van der Waals surface area contributed by atoms with Gasteiger partial charge in [-0.1, -0.05) is 0 Å². The zero-order valence-electron chi connectivity index (χ0n) is 9.19. The third kappa shape index (κ3) is 3.06. The van der Waals surface area contributed by atoms with Crippen molar-refractivity contribution in [2.24, 2.45) is 0 Å². The normalized spacial score (nSPS) is 11.7. The minimum absolute atomic E-state index is 0.164. The number of aromatic carboxylic acids is 1. The van der Waals surface area contributed by atoms with E-state index in [9.17, 15) is 9.90 Å². The Kier molecular flexibility index (Phi) is 3.14. The Morgan fingerprint density at radius 2 is 2.20 bits per heavy atom. The quantitative estimate of drug-likeness (QED) is 0.782. The first-order valence-electron chi connectivity index (χ1n) is 4.79. The standard InChI is InChI=1S/C10H16N2O3/c1-7-11-6-8(9(13)14)12(7)5-4-10(2,3)15/h6,15H,4-5H2,1-3H3,(H,13,14). The monoisotopic (exact) mass is 212 g/mol. The number of carbonyl (C=O) groups is 1. The molecule has 1 rings (SSSR count). The molecule has 0 aliphatic heterocycles. The Labute approximate surface area is 88.4 Å². The summed E-state index contributed by atoms with van der Waals surface area (Å²) in [6.07, 6.45) is 1.83. The van der Waals surface area contributed by atoms with Crippen LogP contribution in [-0.4, -0.2) is 31.3 Å². The molecule has 0 spiro atoms. The molecule has 0 aliphatic carbocycles. The molecule has 1 heterocycles. The maximum atomic E-state index is 10.8. The molecule has 0 aliphatic rings. The fourth-order valence-corrected chi connectivity index (χ4v) is 1.31. The van der Waals surface area contributed by atoms with E-state index in [2.05, 4.69) is 4.98 Å². The molecule has 0 saturated heterocycles. The molecule has 0 saturated carbocycles. The summed E-state index contributed by atoms with van der Waals surface area (Å²) in [6, 6.07) is 0. The number of carboxylic acids is 1. The number of nitrogens with zero attached hydrogens (tertiary/aromatic N) is 2. The Bertz CT molecular complexity index is 363. The van der Waals surface area contributed by atoms with Gasteiger partial charge in [-0.3, -0.25) is 0 Å². The molecular formula is C10H16N2O3. The lowest BCUT2D eigenvalue weighted by atomic mass is 10.1. The van der Waals surface area contributed by atoms with Gasteiger partial charge in [-0.15, -0.1) is 0 Å². The van der Waals surface area contributed by atoms with Crippen LogP contribution in [0.25, 0.3) is 0 Å². The van der Waals surface area contributed by atoms with Crippen molar-refractivity contribution in [2.45, 2.75) is 39.3 Å². The minimum Gasteiger partial charge on any atom is -0.477 e. The van der Waals surface area contributed by atoms with E-state index in [-0.39, 0.29) is 5.69 Å². The lowest BCUT2D eigenvalue weighted by Gasteiger charge is -2.18. The summed E-state index contributed by atoms with van der Waals surface area (Å²) in [5.41, 5.74) is -0.635. The summed E-state index contributed by atoms with van der Waals surface area (Å²) in [7, 11) is 0. The lowest BCUT2D eigenvalue weighted by molar-refractivity contribution is 0.0618. The molecule has 15 heavy (non-hydrogen) atoms. The van der Waals surface area contributed by atoms with E-state index in [0.717, 1.165) is 0 Å². The van der Waals surface area contributed by atoms with Crippen LogP contribution in [0.15, 0.2) is 6.20 Å². The van der Waals surface area contributed by atoms with Gasteiger partial charge in [0.25, 0.3) is 0 Å². The molecule has 1 aromatic heterocycles. The number of hydrogen-bond donors (Lipinski definition) is 2. The predicted molar refractivity (Wildman–Crippen MR) is 54.8 cm³/mol. The molecule has 0 unspecified atom stereocenters. The van der Waals surface area contributed by atoms with E-state index in [1.54, 1.807) is 25.3 Å². The van der Waals surface area contributed by atoms with Gasteiger partial charge >= 0.3 is 5.97 Å². The largest absolute Gasteiger partial charge is 0.477 e. The fraction of sp³-hybridized carbons (Fsp3) is 0.600. The van der Waals surface area contributed by atoms with Crippen molar-refractivity contribution in [1.29, 1.82) is 0 Å². The summed E-state index contributed by atoms with van der Waals surface area (Å²) >= 11 is 0. The van der Waals surface area contributed by atoms with Crippen LogP contribution in [0.2, 0.25) is 0 Å². The van der Waals surface area contributed by atoms with Crippen LogP contribution in [0.4, 0.5) is 0 Å². The summed E-state index contributed by atoms with van der Waals surface area (Å²) in [4.78, 5) is 14.8. The third-order valence-corrected chi connectivity index (χ3v) is 2.22. The van der Waals surface area contributed by atoms with Gasteiger partial charge in [0, 0.05) is 6.54 Å². The van der Waals surface area contributed by atoms with Crippen LogP contribution >= 0.6 is 0 Å². The highest BCUT2D eigenvalue weighted by molar-refractivity contribution is 5.85. The van der Waals surface area contributed by atoms with Crippen LogP contribution in [0.5, 0.6) is 0 Å². The highest BCUT2D eigenvalue weighted by Gasteiger charge is 2.17. The van der Waals surface area contributed by atoms with Gasteiger partial charge < -0.3 is 14.8 Å². The van der Waals surface area contributed by atoms with Gasteiger partial charge in [0.2, 0.25) is 0 Å². The zero-order valence-corrected chi connectivity index (χ0v) is 9.19. The molecule has 0 atom stereocenters. The Morgan fingerprint density at radius 1 is 1.60 bits per heavy atom. The highest BCUT2D eigenvalue weighted by Crippen LogP contribution is 2.12. The summed E-state index contributed by atoms with van der Waals surface area (Å²) in [5, 5.41) is 18.4. The second kappa shape index (κ2) is 4.02. The van der Waals surface area contributed by atoms with Crippen LogP contribution in [0.1, 0.15) is 36.6 Å². The van der Waals surface area contributed by atoms with Crippen LogP contribution in [-0.2, 0) is 6.54 Å². The van der Waals surface area contributed by atoms with E-state index in [0.29, 0.717) is 18.8 Å². The molecular weight excluding hydrogens is 196 g/mol. The molecule has 5 nitrogen and oxygen atoms in total. The molecule has 1 aromatic rings. The third-order valence-electron chi connectivity index (χ3n) is 2.22. The maximum Gasteiger partial charge on any atom is 0.354 e. The van der Waals surface area contributed by atoms with Crippen LogP contribution < -0.4 is 0 Å². The summed E-state index contributed by atoms with van der Waals surface area (Å²) in [5.74, 6) is -0.344. The van der Waals surface area contributed by atoms with Gasteiger partial charge in [0.05, 0.1) is 11.8 Å². The predicted octanol–water partition coefficient (Wildman–Crippen LogP) is 1.05. The number of imidazole rings is 1. The molecule has 0 bridgehead atoms. The fourth-order valence-electron chi connectivity index (χ4n) is 1.31.